The molecule has 1 aliphatic rings. The molecule has 0 aromatic heterocycles. The number of benzene rings is 1. The molecule has 1 saturated carbocycles. The maximum Gasteiger partial charge on any atom is 0.0504 e. The molecule has 20 heavy (non-hydrogen) atoms. The second-order valence-corrected chi connectivity index (χ2v) is 6.80. The molecule has 0 spiro atoms. The van der Waals surface area contributed by atoms with Gasteiger partial charge in [-0.15, -0.1) is 0 Å². The van der Waals surface area contributed by atoms with Crippen molar-refractivity contribution < 1.29 is 0 Å². The molecule has 112 valence electrons. The summed E-state index contributed by atoms with van der Waals surface area (Å²) < 4.78 is 0. The SMILES string of the molecule is CCNC(c1ccccc1C1CCC1)C(C)(C)N(C)C. The average molecular weight is 274 g/mol. The summed E-state index contributed by atoms with van der Waals surface area (Å²) in [6.45, 7) is 7.86. The van der Waals surface area contributed by atoms with Crippen LogP contribution in [0.1, 0.15) is 63.1 Å². The summed E-state index contributed by atoms with van der Waals surface area (Å²) in [6.07, 6.45) is 4.11. The highest BCUT2D eigenvalue weighted by Crippen LogP contribution is 2.41. The molecule has 2 rings (SSSR count). The van der Waals surface area contributed by atoms with Crippen LogP contribution in [0.5, 0.6) is 0 Å². The van der Waals surface area contributed by atoms with Gasteiger partial charge in [-0.2, -0.15) is 0 Å². The van der Waals surface area contributed by atoms with Gasteiger partial charge < -0.3 is 10.2 Å². The molecule has 1 aliphatic carbocycles. The minimum atomic E-state index is 0.0931. The van der Waals surface area contributed by atoms with E-state index in [0.29, 0.717) is 6.04 Å². The Morgan fingerprint density at radius 3 is 2.40 bits per heavy atom. The molecule has 1 aromatic rings. The Balaban J connectivity index is 2.38. The molecule has 0 amide bonds. The standard InChI is InChI=1S/C18H30N2/c1-6-19-17(18(2,3)20(4)5)16-13-8-7-12-15(16)14-10-9-11-14/h7-8,12-14,17,19H,6,9-11H2,1-5H3. The predicted molar refractivity (Wildman–Crippen MR) is 87.2 cm³/mol. The van der Waals surface area contributed by atoms with Crippen LogP contribution in [0.15, 0.2) is 24.3 Å². The number of rotatable bonds is 6. The number of hydrogen-bond acceptors (Lipinski definition) is 2. The summed E-state index contributed by atoms with van der Waals surface area (Å²) in [4.78, 5) is 2.33. The van der Waals surface area contributed by atoms with Gasteiger partial charge in [0, 0.05) is 5.54 Å². The van der Waals surface area contributed by atoms with Crippen molar-refractivity contribution in [3.05, 3.63) is 35.4 Å². The van der Waals surface area contributed by atoms with Gasteiger partial charge in [-0.25, -0.2) is 0 Å². The fourth-order valence-electron chi connectivity index (χ4n) is 3.07. The maximum absolute atomic E-state index is 3.72. The molecular formula is C18H30N2. The molecule has 0 saturated heterocycles. The molecule has 1 aromatic carbocycles. The van der Waals surface area contributed by atoms with Gasteiger partial charge in [0.05, 0.1) is 6.04 Å². The van der Waals surface area contributed by atoms with Crippen LogP contribution in [0.2, 0.25) is 0 Å². The van der Waals surface area contributed by atoms with Gasteiger partial charge in [-0.3, -0.25) is 0 Å². The van der Waals surface area contributed by atoms with E-state index in [2.05, 4.69) is 69.3 Å². The molecule has 1 atom stereocenters. The third-order valence-corrected chi connectivity index (χ3v) is 5.12. The molecule has 2 heteroatoms. The van der Waals surface area contributed by atoms with Gasteiger partial charge in [-0.05, 0) is 64.4 Å². The van der Waals surface area contributed by atoms with Crippen LogP contribution in [-0.4, -0.2) is 31.1 Å². The van der Waals surface area contributed by atoms with Crippen LogP contribution < -0.4 is 5.32 Å². The summed E-state index contributed by atoms with van der Waals surface area (Å²) in [5, 5.41) is 3.72. The Kier molecular flexibility index (Phi) is 4.87. The lowest BCUT2D eigenvalue weighted by Gasteiger charge is -2.42. The summed E-state index contributed by atoms with van der Waals surface area (Å²) in [6, 6.07) is 9.43. The monoisotopic (exact) mass is 274 g/mol. The molecule has 0 aliphatic heterocycles. The molecule has 1 fully saturated rings. The van der Waals surface area contributed by atoms with E-state index in [-0.39, 0.29) is 5.54 Å². The van der Waals surface area contributed by atoms with Crippen LogP contribution in [0, 0.1) is 0 Å². The second kappa shape index (κ2) is 6.28. The maximum atomic E-state index is 3.72. The van der Waals surface area contributed by atoms with Crippen molar-refractivity contribution in [2.75, 3.05) is 20.6 Å². The van der Waals surface area contributed by atoms with Crippen LogP contribution >= 0.6 is 0 Å². The van der Waals surface area contributed by atoms with Crippen molar-refractivity contribution in [2.24, 2.45) is 0 Å². The van der Waals surface area contributed by atoms with E-state index in [0.717, 1.165) is 12.5 Å². The van der Waals surface area contributed by atoms with E-state index < -0.39 is 0 Å². The first-order chi connectivity index (χ1) is 9.48. The fraction of sp³-hybridized carbons (Fsp3) is 0.667. The summed E-state index contributed by atoms with van der Waals surface area (Å²) >= 11 is 0. The third-order valence-electron chi connectivity index (χ3n) is 5.12. The Morgan fingerprint density at radius 2 is 1.90 bits per heavy atom. The lowest BCUT2D eigenvalue weighted by Crippen LogP contribution is -2.49. The van der Waals surface area contributed by atoms with Crippen molar-refractivity contribution in [1.29, 1.82) is 0 Å². The Hall–Kier alpha value is -0.860. The zero-order valence-corrected chi connectivity index (χ0v) is 13.7. The highest BCUT2D eigenvalue weighted by atomic mass is 15.2. The van der Waals surface area contributed by atoms with Crippen molar-refractivity contribution >= 4 is 0 Å². The van der Waals surface area contributed by atoms with Gasteiger partial charge in [0.2, 0.25) is 0 Å². The van der Waals surface area contributed by atoms with Crippen LogP contribution in [0.3, 0.4) is 0 Å². The van der Waals surface area contributed by atoms with E-state index in [1.165, 1.54) is 24.8 Å². The van der Waals surface area contributed by atoms with Crippen molar-refractivity contribution in [3.8, 4) is 0 Å². The topological polar surface area (TPSA) is 15.3 Å². The lowest BCUT2D eigenvalue weighted by atomic mass is 9.75. The van der Waals surface area contributed by atoms with Gasteiger partial charge in [0.1, 0.15) is 0 Å². The zero-order valence-electron chi connectivity index (χ0n) is 13.7. The molecule has 0 radical (unpaired) electrons. The quantitative estimate of drug-likeness (QED) is 0.845. The third kappa shape index (κ3) is 2.91. The summed E-state index contributed by atoms with van der Waals surface area (Å²) in [7, 11) is 4.35. The van der Waals surface area contributed by atoms with E-state index in [4.69, 9.17) is 0 Å². The van der Waals surface area contributed by atoms with Gasteiger partial charge >= 0.3 is 0 Å². The van der Waals surface area contributed by atoms with Crippen LogP contribution in [0.25, 0.3) is 0 Å². The van der Waals surface area contributed by atoms with E-state index in [1.807, 2.05) is 0 Å². The van der Waals surface area contributed by atoms with Crippen LogP contribution in [0.4, 0.5) is 0 Å². The van der Waals surface area contributed by atoms with Crippen molar-refractivity contribution in [2.45, 2.75) is 57.5 Å². The zero-order chi connectivity index (χ0) is 14.8. The number of nitrogens with zero attached hydrogens (tertiary/aromatic N) is 1. The average Bonchev–Trinajstić information content (AvgIpc) is 2.34. The fourth-order valence-corrected chi connectivity index (χ4v) is 3.07. The van der Waals surface area contributed by atoms with E-state index in [9.17, 15) is 0 Å². The molecule has 2 nitrogen and oxygen atoms in total. The lowest BCUT2D eigenvalue weighted by molar-refractivity contribution is 0.138. The number of nitrogens with one attached hydrogen (secondary N) is 1. The smallest absolute Gasteiger partial charge is 0.0504 e. The number of likely N-dealkylation sites (N-methyl/N-ethyl adjacent to an activating group) is 2. The number of hydrogen-bond donors (Lipinski definition) is 1. The highest BCUT2D eigenvalue weighted by molar-refractivity contribution is 5.36. The Bertz CT molecular complexity index is 433. The van der Waals surface area contributed by atoms with E-state index in [1.54, 1.807) is 5.56 Å². The first-order valence-electron chi connectivity index (χ1n) is 7.98. The minimum Gasteiger partial charge on any atom is -0.309 e. The van der Waals surface area contributed by atoms with Gasteiger partial charge in [-0.1, -0.05) is 37.6 Å². The van der Waals surface area contributed by atoms with Crippen LogP contribution in [-0.2, 0) is 0 Å². The molecule has 0 bridgehead atoms. The molecule has 1 unspecified atom stereocenters. The summed E-state index contributed by atoms with van der Waals surface area (Å²) in [5.74, 6) is 0.783. The predicted octanol–water partition coefficient (Wildman–Crippen LogP) is 3.94. The minimum absolute atomic E-state index is 0.0931. The highest BCUT2D eigenvalue weighted by Gasteiger charge is 2.35. The molecule has 1 N–H and O–H groups in total. The molecule has 0 heterocycles. The Morgan fingerprint density at radius 1 is 1.25 bits per heavy atom. The normalized spacial score (nSPS) is 18.1. The van der Waals surface area contributed by atoms with Gasteiger partial charge in [0.15, 0.2) is 0 Å². The van der Waals surface area contributed by atoms with Crippen molar-refractivity contribution in [1.82, 2.24) is 10.2 Å². The molecular weight excluding hydrogens is 244 g/mol. The summed E-state index contributed by atoms with van der Waals surface area (Å²) in [5.41, 5.74) is 3.16. The van der Waals surface area contributed by atoms with Gasteiger partial charge in [0.25, 0.3) is 0 Å². The Labute approximate surface area is 124 Å². The first kappa shape index (κ1) is 15.5. The van der Waals surface area contributed by atoms with Crippen molar-refractivity contribution in [3.63, 3.8) is 0 Å². The van der Waals surface area contributed by atoms with E-state index >= 15 is 0 Å². The second-order valence-electron chi connectivity index (χ2n) is 6.80. The first-order valence-corrected chi connectivity index (χ1v) is 7.98. The largest absolute Gasteiger partial charge is 0.309 e.